The van der Waals surface area contributed by atoms with Gasteiger partial charge in [0.2, 0.25) is 0 Å². The summed E-state index contributed by atoms with van der Waals surface area (Å²) in [6.45, 7) is 7.85. The largest absolute Gasteiger partial charge is 0.313 e. The molecule has 18 heavy (non-hydrogen) atoms. The quantitative estimate of drug-likeness (QED) is 0.807. The minimum absolute atomic E-state index is 0.602. The van der Waals surface area contributed by atoms with Gasteiger partial charge in [-0.2, -0.15) is 0 Å². The fourth-order valence-corrected chi connectivity index (χ4v) is 4.19. The molecule has 1 N–H and O–H groups in total. The molecule has 1 heterocycles. The van der Waals surface area contributed by atoms with Gasteiger partial charge in [0.25, 0.3) is 0 Å². The van der Waals surface area contributed by atoms with Crippen LogP contribution in [0.25, 0.3) is 0 Å². The zero-order valence-corrected chi connectivity index (χ0v) is 12.1. The Labute approximate surface area is 113 Å². The molecule has 0 radical (unpaired) electrons. The molecule has 0 spiro atoms. The molecule has 0 aromatic heterocycles. The Bertz CT molecular complexity index is 268. The molecule has 3 rings (SSSR count). The molecule has 2 nitrogen and oxygen atoms in total. The predicted molar refractivity (Wildman–Crippen MR) is 76.8 cm³/mol. The Hall–Kier alpha value is -0.0800. The summed E-state index contributed by atoms with van der Waals surface area (Å²) in [7, 11) is 0. The summed E-state index contributed by atoms with van der Waals surface area (Å²) in [4.78, 5) is 2.74. The van der Waals surface area contributed by atoms with E-state index in [1.165, 1.54) is 77.5 Å². The van der Waals surface area contributed by atoms with Gasteiger partial charge in [-0.05, 0) is 62.9 Å². The van der Waals surface area contributed by atoms with Crippen molar-refractivity contribution >= 4 is 0 Å². The van der Waals surface area contributed by atoms with Gasteiger partial charge in [-0.3, -0.25) is 0 Å². The van der Waals surface area contributed by atoms with Crippen molar-refractivity contribution in [3.63, 3.8) is 0 Å². The van der Waals surface area contributed by atoms with Crippen LogP contribution in [0.5, 0.6) is 0 Å². The fourth-order valence-electron chi connectivity index (χ4n) is 4.19. The maximum absolute atomic E-state index is 3.83. The second kappa shape index (κ2) is 5.50. The van der Waals surface area contributed by atoms with Crippen LogP contribution < -0.4 is 5.32 Å². The smallest absolute Gasteiger partial charge is 0.00684 e. The van der Waals surface area contributed by atoms with E-state index in [0.717, 1.165) is 12.0 Å². The predicted octanol–water partition coefficient (Wildman–Crippen LogP) is 3.03. The second-order valence-corrected chi connectivity index (χ2v) is 7.34. The van der Waals surface area contributed by atoms with E-state index < -0.39 is 0 Å². The summed E-state index contributed by atoms with van der Waals surface area (Å²) in [5.74, 6) is 0.947. The molecule has 2 unspecified atom stereocenters. The van der Waals surface area contributed by atoms with Crippen molar-refractivity contribution in [3.8, 4) is 0 Å². The van der Waals surface area contributed by atoms with Gasteiger partial charge in [-0.25, -0.2) is 0 Å². The molecule has 2 aliphatic carbocycles. The van der Waals surface area contributed by atoms with Crippen molar-refractivity contribution in [1.82, 2.24) is 10.2 Å². The minimum atomic E-state index is 0.602. The average molecular weight is 250 g/mol. The molecule has 2 heteroatoms. The summed E-state index contributed by atoms with van der Waals surface area (Å²) in [6.07, 6.45) is 11.6. The summed E-state index contributed by atoms with van der Waals surface area (Å²) in [5.41, 5.74) is 0.602. The van der Waals surface area contributed by atoms with Gasteiger partial charge in [-0.1, -0.05) is 19.8 Å². The highest BCUT2D eigenvalue weighted by Gasteiger charge is 2.38. The first-order valence-corrected chi connectivity index (χ1v) is 8.22. The number of likely N-dealkylation sites (tertiary alicyclic amines) is 1. The second-order valence-electron chi connectivity index (χ2n) is 7.34. The van der Waals surface area contributed by atoms with Gasteiger partial charge in [0.05, 0.1) is 0 Å². The molecule has 0 amide bonds. The van der Waals surface area contributed by atoms with Gasteiger partial charge in [0.1, 0.15) is 0 Å². The van der Waals surface area contributed by atoms with Crippen molar-refractivity contribution in [2.45, 2.75) is 64.3 Å². The van der Waals surface area contributed by atoms with Crippen LogP contribution >= 0.6 is 0 Å². The van der Waals surface area contributed by atoms with E-state index >= 15 is 0 Å². The third kappa shape index (κ3) is 3.27. The zero-order valence-electron chi connectivity index (χ0n) is 12.1. The fraction of sp³-hybridized carbons (Fsp3) is 1.00. The highest BCUT2D eigenvalue weighted by molar-refractivity contribution is 4.93. The van der Waals surface area contributed by atoms with Crippen LogP contribution in [0, 0.1) is 11.3 Å². The van der Waals surface area contributed by atoms with E-state index in [4.69, 9.17) is 0 Å². The van der Waals surface area contributed by atoms with Gasteiger partial charge in [0, 0.05) is 19.1 Å². The molecule has 2 saturated carbocycles. The monoisotopic (exact) mass is 250 g/mol. The average Bonchev–Trinajstić information content (AvgIpc) is 3.05. The lowest BCUT2D eigenvalue weighted by atomic mass is 9.69. The van der Waals surface area contributed by atoms with Gasteiger partial charge >= 0.3 is 0 Å². The van der Waals surface area contributed by atoms with Crippen LogP contribution in [-0.4, -0.2) is 37.1 Å². The standard InChI is InChI=1S/C16H30N2/c1-14-5-4-8-16(11-14,12-17-15-6-7-15)13-18-9-2-3-10-18/h14-15,17H,2-13H2,1H3. The summed E-state index contributed by atoms with van der Waals surface area (Å²) < 4.78 is 0. The van der Waals surface area contributed by atoms with Gasteiger partial charge < -0.3 is 10.2 Å². The van der Waals surface area contributed by atoms with E-state index in [0.29, 0.717) is 5.41 Å². The third-order valence-electron chi connectivity index (χ3n) is 5.29. The molecule has 1 saturated heterocycles. The highest BCUT2D eigenvalue weighted by Crippen LogP contribution is 2.40. The lowest BCUT2D eigenvalue weighted by Crippen LogP contribution is -2.46. The Kier molecular flexibility index (Phi) is 3.95. The molecule has 1 aliphatic heterocycles. The molecule has 3 fully saturated rings. The van der Waals surface area contributed by atoms with Crippen LogP contribution in [0.15, 0.2) is 0 Å². The van der Waals surface area contributed by atoms with Crippen molar-refractivity contribution < 1.29 is 0 Å². The third-order valence-corrected chi connectivity index (χ3v) is 5.29. The molecule has 2 atom stereocenters. The maximum Gasteiger partial charge on any atom is 0.00684 e. The summed E-state index contributed by atoms with van der Waals surface area (Å²) in [6, 6.07) is 0.873. The Morgan fingerprint density at radius 3 is 2.56 bits per heavy atom. The molecule has 3 aliphatic rings. The van der Waals surface area contributed by atoms with E-state index in [9.17, 15) is 0 Å². The molecule has 0 bridgehead atoms. The molecular formula is C16H30N2. The normalized spacial score (nSPS) is 38.2. The van der Waals surface area contributed by atoms with E-state index in [-0.39, 0.29) is 0 Å². The number of rotatable bonds is 5. The van der Waals surface area contributed by atoms with Crippen LogP contribution in [-0.2, 0) is 0 Å². The molecule has 104 valence electrons. The van der Waals surface area contributed by atoms with E-state index in [2.05, 4.69) is 17.1 Å². The molecular weight excluding hydrogens is 220 g/mol. The maximum atomic E-state index is 3.83. The van der Waals surface area contributed by atoms with Gasteiger partial charge in [0.15, 0.2) is 0 Å². The van der Waals surface area contributed by atoms with Crippen LogP contribution in [0.4, 0.5) is 0 Å². The van der Waals surface area contributed by atoms with Crippen molar-refractivity contribution in [2.75, 3.05) is 26.2 Å². The van der Waals surface area contributed by atoms with Crippen molar-refractivity contribution in [3.05, 3.63) is 0 Å². The lowest BCUT2D eigenvalue weighted by molar-refractivity contribution is 0.0907. The topological polar surface area (TPSA) is 15.3 Å². The SMILES string of the molecule is CC1CCCC(CNC2CC2)(CN2CCCC2)C1. The number of nitrogens with one attached hydrogen (secondary N) is 1. The highest BCUT2D eigenvalue weighted by atomic mass is 15.1. The first kappa shape index (κ1) is 12.9. The number of hydrogen-bond acceptors (Lipinski definition) is 2. The first-order valence-electron chi connectivity index (χ1n) is 8.22. The molecule has 0 aromatic carbocycles. The Morgan fingerprint density at radius 1 is 1.11 bits per heavy atom. The summed E-state index contributed by atoms with van der Waals surface area (Å²) in [5, 5.41) is 3.83. The van der Waals surface area contributed by atoms with Crippen LogP contribution in [0.3, 0.4) is 0 Å². The lowest BCUT2D eigenvalue weighted by Gasteiger charge is -2.43. The first-order chi connectivity index (χ1) is 8.76. The van der Waals surface area contributed by atoms with Gasteiger partial charge in [-0.15, -0.1) is 0 Å². The van der Waals surface area contributed by atoms with E-state index in [1.807, 2.05) is 0 Å². The number of hydrogen-bond donors (Lipinski definition) is 1. The van der Waals surface area contributed by atoms with Crippen molar-refractivity contribution in [1.29, 1.82) is 0 Å². The van der Waals surface area contributed by atoms with E-state index in [1.54, 1.807) is 0 Å². The minimum Gasteiger partial charge on any atom is -0.313 e. The Morgan fingerprint density at radius 2 is 1.89 bits per heavy atom. The zero-order chi connectivity index (χ0) is 12.4. The van der Waals surface area contributed by atoms with Crippen LogP contribution in [0.2, 0.25) is 0 Å². The summed E-state index contributed by atoms with van der Waals surface area (Å²) >= 11 is 0. The van der Waals surface area contributed by atoms with Crippen molar-refractivity contribution in [2.24, 2.45) is 11.3 Å². The Balaban J connectivity index is 1.60. The van der Waals surface area contributed by atoms with Crippen LogP contribution in [0.1, 0.15) is 58.3 Å². The molecule has 0 aromatic rings. The number of nitrogens with zero attached hydrogens (tertiary/aromatic N) is 1.